The molecule has 0 aliphatic carbocycles. The van der Waals surface area contributed by atoms with Crippen molar-refractivity contribution in [3.63, 3.8) is 0 Å². The van der Waals surface area contributed by atoms with E-state index < -0.39 is 5.97 Å². The van der Waals surface area contributed by atoms with Gasteiger partial charge in [0, 0.05) is 6.54 Å². The smallest absolute Gasteiger partial charge is 0.354 e. The zero-order valence-electron chi connectivity index (χ0n) is 13.3. The third kappa shape index (κ3) is 4.53. The van der Waals surface area contributed by atoms with Crippen molar-refractivity contribution in [1.29, 1.82) is 0 Å². The van der Waals surface area contributed by atoms with Crippen LogP contribution in [0.1, 0.15) is 56.2 Å². The summed E-state index contributed by atoms with van der Waals surface area (Å²) in [4.78, 5) is 17.6. The Balaban J connectivity index is 1.98. The van der Waals surface area contributed by atoms with Crippen LogP contribution in [0.5, 0.6) is 0 Å². The van der Waals surface area contributed by atoms with Crippen molar-refractivity contribution < 1.29 is 9.90 Å². The first kappa shape index (κ1) is 16.0. The van der Waals surface area contributed by atoms with Crippen molar-refractivity contribution in [2.45, 2.75) is 46.6 Å². The number of pyridine rings is 1. The van der Waals surface area contributed by atoms with E-state index in [1.165, 1.54) is 19.3 Å². The van der Waals surface area contributed by atoms with Crippen LogP contribution >= 0.6 is 0 Å². The molecule has 2 rings (SSSR count). The van der Waals surface area contributed by atoms with E-state index in [-0.39, 0.29) is 5.69 Å². The van der Waals surface area contributed by atoms with E-state index in [1.807, 2.05) is 6.07 Å². The Kier molecular flexibility index (Phi) is 4.99. The summed E-state index contributed by atoms with van der Waals surface area (Å²) < 4.78 is 0. The molecule has 1 fully saturated rings. The number of carbonyl (C=O) groups is 1. The second kappa shape index (κ2) is 6.56. The first-order valence-electron chi connectivity index (χ1n) is 7.78. The van der Waals surface area contributed by atoms with Gasteiger partial charge in [-0.25, -0.2) is 9.78 Å². The number of aromatic nitrogens is 1. The van der Waals surface area contributed by atoms with E-state index in [9.17, 15) is 4.79 Å². The molecule has 0 radical (unpaired) electrons. The minimum atomic E-state index is -0.958. The lowest BCUT2D eigenvalue weighted by Gasteiger charge is -2.29. The van der Waals surface area contributed by atoms with Gasteiger partial charge in [0.15, 0.2) is 0 Å². The Hall–Kier alpha value is -1.42. The third-order valence-electron chi connectivity index (χ3n) is 4.46. The van der Waals surface area contributed by atoms with Crippen LogP contribution in [-0.2, 0) is 6.54 Å². The van der Waals surface area contributed by atoms with Gasteiger partial charge in [0.1, 0.15) is 5.69 Å². The SMILES string of the molecule is CC(C)(C)C1CCCN(Cc2cccc(C(=O)O)n2)CC1. The average Bonchev–Trinajstić information content (AvgIpc) is 2.64. The summed E-state index contributed by atoms with van der Waals surface area (Å²) >= 11 is 0. The molecular weight excluding hydrogens is 264 g/mol. The lowest BCUT2D eigenvalue weighted by Crippen LogP contribution is -2.26. The maximum atomic E-state index is 11.0. The van der Waals surface area contributed by atoms with Crippen LogP contribution in [0.4, 0.5) is 0 Å². The Bertz CT molecular complexity index is 494. The molecule has 116 valence electrons. The Morgan fingerprint density at radius 3 is 2.76 bits per heavy atom. The largest absolute Gasteiger partial charge is 0.477 e. The summed E-state index contributed by atoms with van der Waals surface area (Å²) in [6.45, 7) is 9.87. The van der Waals surface area contributed by atoms with Crippen molar-refractivity contribution in [2.24, 2.45) is 11.3 Å². The van der Waals surface area contributed by atoms with Gasteiger partial charge in [0.2, 0.25) is 0 Å². The molecule has 1 aromatic rings. The van der Waals surface area contributed by atoms with Gasteiger partial charge in [0.05, 0.1) is 5.69 Å². The number of nitrogens with zero attached hydrogens (tertiary/aromatic N) is 2. The van der Waals surface area contributed by atoms with E-state index in [0.29, 0.717) is 5.41 Å². The van der Waals surface area contributed by atoms with Gasteiger partial charge in [-0.3, -0.25) is 4.90 Å². The Morgan fingerprint density at radius 1 is 1.33 bits per heavy atom. The highest BCUT2D eigenvalue weighted by atomic mass is 16.4. The van der Waals surface area contributed by atoms with Crippen LogP contribution < -0.4 is 0 Å². The molecule has 21 heavy (non-hydrogen) atoms. The Morgan fingerprint density at radius 2 is 2.10 bits per heavy atom. The number of carboxylic acid groups (broad SMARTS) is 1. The maximum Gasteiger partial charge on any atom is 0.354 e. The van der Waals surface area contributed by atoms with Gasteiger partial charge in [-0.15, -0.1) is 0 Å². The molecule has 1 N–H and O–H groups in total. The first-order valence-corrected chi connectivity index (χ1v) is 7.78. The molecule has 1 saturated heterocycles. The molecule has 1 aromatic heterocycles. The van der Waals surface area contributed by atoms with E-state index in [1.54, 1.807) is 12.1 Å². The van der Waals surface area contributed by atoms with Gasteiger partial charge >= 0.3 is 5.97 Å². The second-order valence-corrected chi connectivity index (χ2v) is 7.09. The highest BCUT2D eigenvalue weighted by Crippen LogP contribution is 2.34. The third-order valence-corrected chi connectivity index (χ3v) is 4.46. The van der Waals surface area contributed by atoms with Gasteiger partial charge < -0.3 is 5.11 Å². The minimum Gasteiger partial charge on any atom is -0.477 e. The molecule has 1 aliphatic heterocycles. The monoisotopic (exact) mass is 290 g/mol. The van der Waals surface area contributed by atoms with Crippen molar-refractivity contribution in [2.75, 3.05) is 13.1 Å². The number of aromatic carboxylic acids is 1. The molecule has 0 bridgehead atoms. The van der Waals surface area contributed by atoms with Crippen molar-refractivity contribution in [3.8, 4) is 0 Å². The summed E-state index contributed by atoms with van der Waals surface area (Å²) in [5.74, 6) is -0.193. The van der Waals surface area contributed by atoms with Gasteiger partial charge in [-0.2, -0.15) is 0 Å². The minimum absolute atomic E-state index is 0.134. The molecule has 2 heterocycles. The lowest BCUT2D eigenvalue weighted by molar-refractivity contribution is 0.0690. The van der Waals surface area contributed by atoms with E-state index in [2.05, 4.69) is 30.7 Å². The van der Waals surface area contributed by atoms with Crippen LogP contribution in [0, 0.1) is 11.3 Å². The topological polar surface area (TPSA) is 53.4 Å². The van der Waals surface area contributed by atoms with Crippen LogP contribution in [0.2, 0.25) is 0 Å². The number of rotatable bonds is 3. The maximum absolute atomic E-state index is 11.0. The second-order valence-electron chi connectivity index (χ2n) is 7.09. The van der Waals surface area contributed by atoms with E-state index in [0.717, 1.165) is 31.2 Å². The fourth-order valence-electron chi connectivity index (χ4n) is 3.10. The van der Waals surface area contributed by atoms with Crippen LogP contribution in [-0.4, -0.2) is 34.0 Å². The number of hydrogen-bond acceptors (Lipinski definition) is 3. The van der Waals surface area contributed by atoms with Crippen molar-refractivity contribution in [1.82, 2.24) is 9.88 Å². The predicted octanol–water partition coefficient (Wildman–Crippen LogP) is 3.43. The molecule has 0 spiro atoms. The zero-order valence-corrected chi connectivity index (χ0v) is 13.3. The lowest BCUT2D eigenvalue weighted by atomic mass is 9.77. The van der Waals surface area contributed by atoms with Gasteiger partial charge in [-0.05, 0) is 55.8 Å². The van der Waals surface area contributed by atoms with Crippen molar-refractivity contribution in [3.05, 3.63) is 29.6 Å². The summed E-state index contributed by atoms with van der Waals surface area (Å²) in [7, 11) is 0. The average molecular weight is 290 g/mol. The van der Waals surface area contributed by atoms with Crippen molar-refractivity contribution >= 4 is 5.97 Å². The molecule has 0 aromatic carbocycles. The van der Waals surface area contributed by atoms with E-state index in [4.69, 9.17) is 5.11 Å². The highest BCUT2D eigenvalue weighted by molar-refractivity contribution is 5.85. The molecule has 1 atom stereocenters. The molecule has 1 unspecified atom stereocenters. The molecular formula is C17H26N2O2. The van der Waals surface area contributed by atoms with Gasteiger partial charge in [0.25, 0.3) is 0 Å². The molecule has 4 heteroatoms. The standard InChI is InChI=1S/C17H26N2O2/c1-17(2,3)13-6-5-10-19(11-9-13)12-14-7-4-8-15(18-14)16(20)21/h4,7-8,13H,5-6,9-12H2,1-3H3,(H,20,21). The summed E-state index contributed by atoms with van der Waals surface area (Å²) in [5.41, 5.74) is 1.36. The molecule has 4 nitrogen and oxygen atoms in total. The quantitative estimate of drug-likeness (QED) is 0.926. The summed E-state index contributed by atoms with van der Waals surface area (Å²) in [6.07, 6.45) is 3.70. The summed E-state index contributed by atoms with van der Waals surface area (Å²) in [5, 5.41) is 9.01. The zero-order chi connectivity index (χ0) is 15.5. The summed E-state index contributed by atoms with van der Waals surface area (Å²) in [6, 6.07) is 5.24. The predicted molar refractivity (Wildman–Crippen MR) is 83.3 cm³/mol. The van der Waals surface area contributed by atoms with Gasteiger partial charge in [-0.1, -0.05) is 26.8 Å². The number of hydrogen-bond donors (Lipinski definition) is 1. The van der Waals surface area contributed by atoms with Crippen LogP contribution in [0.25, 0.3) is 0 Å². The van der Waals surface area contributed by atoms with Crippen LogP contribution in [0.15, 0.2) is 18.2 Å². The number of likely N-dealkylation sites (tertiary alicyclic amines) is 1. The molecule has 1 aliphatic rings. The number of carboxylic acids is 1. The highest BCUT2D eigenvalue weighted by Gasteiger charge is 2.27. The van der Waals surface area contributed by atoms with E-state index >= 15 is 0 Å². The Labute approximate surface area is 127 Å². The fraction of sp³-hybridized carbons (Fsp3) is 0.647. The first-order chi connectivity index (χ1) is 9.86. The molecule has 0 amide bonds. The fourth-order valence-corrected chi connectivity index (χ4v) is 3.10. The normalized spacial score (nSPS) is 21.0. The van der Waals surface area contributed by atoms with Crippen LogP contribution in [0.3, 0.4) is 0 Å². The molecule has 0 saturated carbocycles.